The van der Waals surface area contributed by atoms with Gasteiger partial charge in [-0.25, -0.2) is 0 Å². The number of carbonyl (C=O) groups is 1. The lowest BCUT2D eigenvalue weighted by atomic mass is 9.91. The normalized spacial score (nSPS) is 16.1. The molecule has 0 atom stereocenters. The van der Waals surface area contributed by atoms with Crippen LogP contribution < -0.4 is 20.1 Å². The summed E-state index contributed by atoms with van der Waals surface area (Å²) in [7, 11) is 3.22. The van der Waals surface area contributed by atoms with Crippen molar-refractivity contribution in [3.05, 3.63) is 24.3 Å². The fraction of sp³-hybridized carbons (Fsp3) is 0.562. The number of rotatable bonds is 7. The minimum Gasteiger partial charge on any atom is -0.497 e. The lowest BCUT2D eigenvalue weighted by Crippen LogP contribution is -2.54. The molecule has 23 heavy (non-hydrogen) atoms. The molecule has 0 aliphatic carbocycles. The van der Waals surface area contributed by atoms with Gasteiger partial charge in [-0.05, 0) is 50.2 Å². The van der Waals surface area contributed by atoms with Gasteiger partial charge in [0.25, 0.3) is 5.91 Å². The second kappa shape index (κ2) is 9.60. The first-order valence-electron chi connectivity index (χ1n) is 7.51. The summed E-state index contributed by atoms with van der Waals surface area (Å²) >= 11 is 0. The molecule has 1 aromatic rings. The van der Waals surface area contributed by atoms with Gasteiger partial charge in [-0.3, -0.25) is 4.79 Å². The number of ether oxygens (including phenoxy) is 3. The van der Waals surface area contributed by atoms with Crippen LogP contribution in [-0.2, 0) is 9.53 Å². The van der Waals surface area contributed by atoms with Crippen molar-refractivity contribution in [1.29, 1.82) is 0 Å². The molecular weight excluding hydrogens is 320 g/mol. The second-order valence-corrected chi connectivity index (χ2v) is 5.23. The first-order valence-corrected chi connectivity index (χ1v) is 7.51. The number of hydrogen-bond acceptors (Lipinski definition) is 5. The predicted octanol–water partition coefficient (Wildman–Crippen LogP) is 1.38. The number of piperidine rings is 1. The van der Waals surface area contributed by atoms with Crippen LogP contribution in [0.4, 0.5) is 0 Å². The molecule has 1 saturated heterocycles. The molecule has 6 nitrogen and oxygen atoms in total. The van der Waals surface area contributed by atoms with Gasteiger partial charge in [-0.1, -0.05) is 0 Å². The molecule has 0 bridgehead atoms. The second-order valence-electron chi connectivity index (χ2n) is 5.23. The van der Waals surface area contributed by atoms with E-state index in [-0.39, 0.29) is 18.3 Å². The number of carbonyl (C=O) groups excluding carboxylic acids is 1. The number of halogens is 1. The van der Waals surface area contributed by atoms with Gasteiger partial charge in [0.05, 0.1) is 13.7 Å². The largest absolute Gasteiger partial charge is 0.497 e. The third-order valence-corrected chi connectivity index (χ3v) is 3.93. The van der Waals surface area contributed by atoms with Crippen molar-refractivity contribution in [3.63, 3.8) is 0 Å². The smallest absolute Gasteiger partial charge is 0.252 e. The third kappa shape index (κ3) is 5.27. The van der Waals surface area contributed by atoms with Gasteiger partial charge in [0.1, 0.15) is 23.7 Å². The maximum Gasteiger partial charge on any atom is 0.252 e. The van der Waals surface area contributed by atoms with Crippen LogP contribution >= 0.6 is 12.4 Å². The summed E-state index contributed by atoms with van der Waals surface area (Å²) < 4.78 is 16.1. The fourth-order valence-electron chi connectivity index (χ4n) is 2.52. The van der Waals surface area contributed by atoms with Crippen molar-refractivity contribution in [3.8, 4) is 11.5 Å². The Morgan fingerprint density at radius 1 is 1.17 bits per heavy atom. The zero-order valence-corrected chi connectivity index (χ0v) is 14.4. The van der Waals surface area contributed by atoms with Gasteiger partial charge in [0.2, 0.25) is 0 Å². The molecular formula is C16H25ClN2O4. The molecule has 7 heteroatoms. The molecule has 0 radical (unpaired) electrons. The van der Waals surface area contributed by atoms with Crippen molar-refractivity contribution < 1.29 is 19.0 Å². The Morgan fingerprint density at radius 3 is 2.35 bits per heavy atom. The monoisotopic (exact) mass is 344 g/mol. The standard InChI is InChI=1S/C16H24N2O4.ClH/c1-20-13-3-5-14(6-4-13)22-12-11-18-15(19)16(21-2)7-9-17-10-8-16;/h3-6,17H,7-12H2,1-2H3,(H,18,19);1H. The van der Waals surface area contributed by atoms with Crippen LogP contribution in [0.3, 0.4) is 0 Å². The Labute approximate surface area is 143 Å². The molecule has 1 fully saturated rings. The van der Waals surface area contributed by atoms with E-state index in [9.17, 15) is 4.79 Å². The fourth-order valence-corrected chi connectivity index (χ4v) is 2.52. The number of nitrogens with one attached hydrogen (secondary N) is 2. The van der Waals surface area contributed by atoms with Crippen LogP contribution in [0.25, 0.3) is 0 Å². The average Bonchev–Trinajstić information content (AvgIpc) is 2.59. The summed E-state index contributed by atoms with van der Waals surface area (Å²) in [4.78, 5) is 12.3. The highest BCUT2D eigenvalue weighted by Crippen LogP contribution is 2.22. The first-order chi connectivity index (χ1) is 10.7. The van der Waals surface area contributed by atoms with Gasteiger partial charge in [-0.15, -0.1) is 12.4 Å². The Bertz CT molecular complexity index is 475. The molecule has 1 heterocycles. The maximum atomic E-state index is 12.3. The van der Waals surface area contributed by atoms with E-state index in [1.165, 1.54) is 0 Å². The van der Waals surface area contributed by atoms with E-state index in [4.69, 9.17) is 14.2 Å². The highest BCUT2D eigenvalue weighted by atomic mass is 35.5. The van der Waals surface area contributed by atoms with E-state index in [2.05, 4.69) is 10.6 Å². The summed E-state index contributed by atoms with van der Waals surface area (Å²) in [5, 5.41) is 6.13. The Kier molecular flexibility index (Phi) is 8.16. The van der Waals surface area contributed by atoms with Gasteiger partial charge >= 0.3 is 0 Å². The van der Waals surface area contributed by atoms with Gasteiger partial charge in [-0.2, -0.15) is 0 Å². The molecule has 2 rings (SSSR count). The van der Waals surface area contributed by atoms with E-state index in [0.29, 0.717) is 26.0 Å². The van der Waals surface area contributed by atoms with Crippen molar-refractivity contribution >= 4 is 18.3 Å². The predicted molar refractivity (Wildman–Crippen MR) is 90.6 cm³/mol. The highest BCUT2D eigenvalue weighted by Gasteiger charge is 2.39. The van der Waals surface area contributed by atoms with Crippen molar-refractivity contribution in [1.82, 2.24) is 10.6 Å². The minimum atomic E-state index is -0.703. The van der Waals surface area contributed by atoms with Crippen molar-refractivity contribution in [2.75, 3.05) is 40.5 Å². The van der Waals surface area contributed by atoms with Crippen LogP contribution in [0, 0.1) is 0 Å². The Hall–Kier alpha value is -1.50. The topological polar surface area (TPSA) is 68.8 Å². The van der Waals surface area contributed by atoms with E-state index >= 15 is 0 Å². The zero-order chi connectivity index (χ0) is 15.8. The average molecular weight is 345 g/mol. The molecule has 1 aromatic carbocycles. The maximum absolute atomic E-state index is 12.3. The minimum absolute atomic E-state index is 0. The number of hydrogen-bond donors (Lipinski definition) is 2. The van der Waals surface area contributed by atoms with Crippen LogP contribution in [0.5, 0.6) is 11.5 Å². The molecule has 0 spiro atoms. The molecule has 2 N–H and O–H groups in total. The molecule has 0 unspecified atom stereocenters. The van der Waals surface area contributed by atoms with E-state index in [1.54, 1.807) is 14.2 Å². The quantitative estimate of drug-likeness (QED) is 0.731. The number of methoxy groups -OCH3 is 2. The molecule has 1 amide bonds. The third-order valence-electron chi connectivity index (χ3n) is 3.93. The van der Waals surface area contributed by atoms with Crippen LogP contribution in [0.15, 0.2) is 24.3 Å². The summed E-state index contributed by atoms with van der Waals surface area (Å²) in [6.45, 7) is 2.45. The van der Waals surface area contributed by atoms with Gasteiger partial charge < -0.3 is 24.8 Å². The molecule has 130 valence electrons. The lowest BCUT2D eigenvalue weighted by Gasteiger charge is -2.34. The van der Waals surface area contributed by atoms with Crippen LogP contribution in [0.2, 0.25) is 0 Å². The zero-order valence-electron chi connectivity index (χ0n) is 13.6. The summed E-state index contributed by atoms with van der Waals surface area (Å²) in [5.74, 6) is 1.47. The number of amides is 1. The van der Waals surface area contributed by atoms with Crippen molar-refractivity contribution in [2.24, 2.45) is 0 Å². The van der Waals surface area contributed by atoms with E-state index < -0.39 is 5.60 Å². The Morgan fingerprint density at radius 2 is 1.78 bits per heavy atom. The first kappa shape index (κ1) is 19.5. The Balaban J connectivity index is 0.00000264. The van der Waals surface area contributed by atoms with E-state index in [1.807, 2.05) is 24.3 Å². The number of benzene rings is 1. The highest BCUT2D eigenvalue weighted by molar-refractivity contribution is 5.85. The van der Waals surface area contributed by atoms with E-state index in [0.717, 1.165) is 24.6 Å². The van der Waals surface area contributed by atoms with Crippen LogP contribution in [0.1, 0.15) is 12.8 Å². The molecule has 0 aromatic heterocycles. The summed E-state index contributed by atoms with van der Waals surface area (Å²) in [6.07, 6.45) is 1.38. The molecule has 0 saturated carbocycles. The van der Waals surface area contributed by atoms with Crippen molar-refractivity contribution in [2.45, 2.75) is 18.4 Å². The summed E-state index contributed by atoms with van der Waals surface area (Å²) in [6, 6.07) is 7.35. The lowest BCUT2D eigenvalue weighted by molar-refractivity contribution is -0.146. The van der Waals surface area contributed by atoms with Gasteiger partial charge in [0.15, 0.2) is 0 Å². The summed E-state index contributed by atoms with van der Waals surface area (Å²) in [5.41, 5.74) is -0.703. The molecule has 1 aliphatic rings. The molecule has 1 aliphatic heterocycles. The SMILES string of the molecule is COc1ccc(OCCNC(=O)C2(OC)CCNCC2)cc1.Cl. The van der Waals surface area contributed by atoms with Gasteiger partial charge in [0, 0.05) is 7.11 Å². The van der Waals surface area contributed by atoms with Crippen LogP contribution in [-0.4, -0.2) is 52.0 Å².